The summed E-state index contributed by atoms with van der Waals surface area (Å²) in [7, 11) is 1.57. The Morgan fingerprint density at radius 1 is 1.15 bits per heavy atom. The number of alkyl halides is 3. The van der Waals surface area contributed by atoms with Crippen molar-refractivity contribution in [1.29, 1.82) is 0 Å². The molecule has 0 fully saturated rings. The first-order valence-electron chi connectivity index (χ1n) is 8.32. The molecule has 0 saturated carbocycles. The number of hydrogen-bond acceptors (Lipinski definition) is 3. The number of guanidine groups is 1. The van der Waals surface area contributed by atoms with Gasteiger partial charge in [-0.25, -0.2) is 0 Å². The van der Waals surface area contributed by atoms with Gasteiger partial charge in [-0.2, -0.15) is 13.2 Å². The lowest BCUT2D eigenvalue weighted by molar-refractivity contribution is -0.135. The maximum absolute atomic E-state index is 12.1. The van der Waals surface area contributed by atoms with Gasteiger partial charge in [0.25, 0.3) is 0 Å². The average molecular weight is 489 g/mol. The van der Waals surface area contributed by atoms with E-state index in [0.29, 0.717) is 43.6 Å². The fourth-order valence-corrected chi connectivity index (χ4v) is 2.09. The highest BCUT2D eigenvalue weighted by Crippen LogP contribution is 2.30. The Labute approximate surface area is 169 Å². The van der Waals surface area contributed by atoms with Crippen molar-refractivity contribution >= 4 is 35.6 Å². The summed E-state index contributed by atoms with van der Waals surface area (Å²) in [6.07, 6.45) is -4.43. The second kappa shape index (κ2) is 12.9. The third-order valence-electron chi connectivity index (χ3n) is 3.21. The second-order valence-electron chi connectivity index (χ2n) is 5.26. The maximum Gasteiger partial charge on any atom is 0.389 e. The molecule has 0 unspecified atom stereocenters. The van der Waals surface area contributed by atoms with Crippen molar-refractivity contribution in [2.75, 3.05) is 32.1 Å². The molecule has 150 valence electrons. The first kappa shape index (κ1) is 24.6. The molecule has 0 atom stereocenters. The molecule has 0 amide bonds. The number of unbranched alkanes of at least 4 members (excludes halogenated alkanes) is 1. The zero-order valence-electron chi connectivity index (χ0n) is 15.3. The van der Waals surface area contributed by atoms with Crippen molar-refractivity contribution < 1.29 is 22.6 Å². The van der Waals surface area contributed by atoms with E-state index in [-0.39, 0.29) is 30.4 Å². The molecule has 0 bridgehead atoms. The number of aliphatic imine (C=N–C) groups is 1. The largest absolute Gasteiger partial charge is 0.493 e. The van der Waals surface area contributed by atoms with Crippen molar-refractivity contribution in [1.82, 2.24) is 5.32 Å². The summed E-state index contributed by atoms with van der Waals surface area (Å²) in [4.78, 5) is 4.30. The van der Waals surface area contributed by atoms with E-state index in [1.165, 1.54) is 0 Å². The highest BCUT2D eigenvalue weighted by molar-refractivity contribution is 14.0. The number of benzene rings is 1. The molecule has 0 radical (unpaired) electrons. The Hall–Kier alpha value is -1.39. The van der Waals surface area contributed by atoms with E-state index >= 15 is 0 Å². The number of ether oxygens (including phenoxy) is 2. The fraction of sp³-hybridized carbons (Fsp3) is 0.588. The molecule has 0 spiro atoms. The fourth-order valence-electron chi connectivity index (χ4n) is 2.09. The monoisotopic (exact) mass is 489 g/mol. The van der Waals surface area contributed by atoms with Crippen LogP contribution in [0.5, 0.6) is 11.5 Å². The van der Waals surface area contributed by atoms with E-state index in [1.807, 2.05) is 19.9 Å². The average Bonchev–Trinajstić information content (AvgIpc) is 2.54. The number of rotatable bonds is 9. The molecular weight excluding hydrogens is 462 g/mol. The van der Waals surface area contributed by atoms with Crippen LogP contribution in [0.4, 0.5) is 18.9 Å². The van der Waals surface area contributed by atoms with E-state index in [4.69, 9.17) is 9.47 Å². The van der Waals surface area contributed by atoms with Gasteiger partial charge in [0.05, 0.1) is 13.7 Å². The molecule has 2 N–H and O–H groups in total. The molecular formula is C17H27F3IN3O2. The van der Waals surface area contributed by atoms with E-state index in [0.717, 1.165) is 5.69 Å². The highest BCUT2D eigenvalue weighted by atomic mass is 127. The van der Waals surface area contributed by atoms with Crippen LogP contribution in [0.25, 0.3) is 0 Å². The molecule has 0 aliphatic carbocycles. The molecule has 0 saturated heterocycles. The van der Waals surface area contributed by atoms with Crippen LogP contribution in [-0.2, 0) is 0 Å². The molecule has 0 aliphatic heterocycles. The molecule has 1 aromatic carbocycles. The SMILES string of the molecule is CCNC(=NCCCCC(F)(F)F)Nc1ccc(OC)c(OCC)c1.I. The minimum absolute atomic E-state index is 0. The Kier molecular flexibility index (Phi) is 12.2. The lowest BCUT2D eigenvalue weighted by atomic mass is 10.2. The van der Waals surface area contributed by atoms with Crippen LogP contribution in [0.3, 0.4) is 0 Å². The molecule has 5 nitrogen and oxygen atoms in total. The molecule has 1 aromatic rings. The summed E-state index contributed by atoms with van der Waals surface area (Å²) in [5.74, 6) is 1.75. The van der Waals surface area contributed by atoms with Crippen LogP contribution in [-0.4, -0.2) is 38.9 Å². The van der Waals surface area contributed by atoms with Gasteiger partial charge in [0, 0.05) is 31.3 Å². The van der Waals surface area contributed by atoms with Crippen molar-refractivity contribution in [3.63, 3.8) is 0 Å². The Morgan fingerprint density at radius 2 is 1.88 bits per heavy atom. The zero-order valence-corrected chi connectivity index (χ0v) is 17.6. The second-order valence-corrected chi connectivity index (χ2v) is 5.26. The summed E-state index contributed by atoms with van der Waals surface area (Å²) < 4.78 is 47.1. The summed E-state index contributed by atoms with van der Waals surface area (Å²) >= 11 is 0. The molecule has 9 heteroatoms. The molecule has 1 rings (SSSR count). The van der Waals surface area contributed by atoms with Crippen LogP contribution in [0.15, 0.2) is 23.2 Å². The van der Waals surface area contributed by atoms with Gasteiger partial charge in [0.15, 0.2) is 17.5 Å². The number of halogens is 4. The number of methoxy groups -OCH3 is 1. The van der Waals surface area contributed by atoms with Crippen LogP contribution >= 0.6 is 24.0 Å². The predicted molar refractivity (Wildman–Crippen MR) is 109 cm³/mol. The summed E-state index contributed by atoms with van der Waals surface area (Å²) in [6, 6.07) is 5.39. The summed E-state index contributed by atoms with van der Waals surface area (Å²) in [5, 5.41) is 6.18. The lowest BCUT2D eigenvalue weighted by Gasteiger charge is -2.14. The van der Waals surface area contributed by atoms with Crippen molar-refractivity contribution in [2.45, 2.75) is 39.3 Å². The van der Waals surface area contributed by atoms with Crippen molar-refractivity contribution in [2.24, 2.45) is 4.99 Å². The van der Waals surface area contributed by atoms with Gasteiger partial charge >= 0.3 is 6.18 Å². The summed E-state index contributed by atoms with van der Waals surface area (Å²) in [6.45, 7) is 5.27. The molecule has 26 heavy (non-hydrogen) atoms. The van der Waals surface area contributed by atoms with Gasteiger partial charge in [0.1, 0.15) is 0 Å². The van der Waals surface area contributed by atoms with Crippen LogP contribution in [0, 0.1) is 0 Å². The normalized spacial score (nSPS) is 11.5. The van der Waals surface area contributed by atoms with E-state index in [1.54, 1.807) is 19.2 Å². The van der Waals surface area contributed by atoms with Crippen LogP contribution < -0.4 is 20.1 Å². The number of nitrogens with zero attached hydrogens (tertiary/aromatic N) is 1. The molecule has 0 heterocycles. The van der Waals surface area contributed by atoms with Gasteiger partial charge in [0.2, 0.25) is 0 Å². The highest BCUT2D eigenvalue weighted by Gasteiger charge is 2.25. The third kappa shape index (κ3) is 9.93. The number of nitrogens with one attached hydrogen (secondary N) is 2. The quantitative estimate of drug-likeness (QED) is 0.226. The standard InChI is InChI=1S/C17H26F3N3O2.HI/c1-4-21-16(22-11-7-6-10-17(18,19)20)23-13-8-9-14(24-3)15(12-13)25-5-2;/h8-9,12H,4-7,10-11H2,1-3H3,(H2,21,22,23);1H. The van der Waals surface area contributed by atoms with Crippen molar-refractivity contribution in [3.05, 3.63) is 18.2 Å². The topological polar surface area (TPSA) is 54.9 Å². The van der Waals surface area contributed by atoms with E-state index < -0.39 is 12.6 Å². The van der Waals surface area contributed by atoms with Crippen LogP contribution in [0.2, 0.25) is 0 Å². The minimum Gasteiger partial charge on any atom is -0.493 e. The van der Waals surface area contributed by atoms with Crippen LogP contribution in [0.1, 0.15) is 33.1 Å². The van der Waals surface area contributed by atoms with E-state index in [2.05, 4.69) is 15.6 Å². The smallest absolute Gasteiger partial charge is 0.389 e. The third-order valence-corrected chi connectivity index (χ3v) is 3.21. The minimum atomic E-state index is -4.11. The van der Waals surface area contributed by atoms with E-state index in [9.17, 15) is 13.2 Å². The first-order chi connectivity index (χ1) is 11.9. The first-order valence-corrected chi connectivity index (χ1v) is 8.32. The molecule has 0 aliphatic rings. The summed E-state index contributed by atoms with van der Waals surface area (Å²) in [5.41, 5.74) is 0.749. The van der Waals surface area contributed by atoms with Gasteiger partial charge in [-0.1, -0.05) is 0 Å². The predicted octanol–water partition coefficient (Wildman–Crippen LogP) is 4.82. The number of anilines is 1. The van der Waals surface area contributed by atoms with Gasteiger partial charge < -0.3 is 20.1 Å². The van der Waals surface area contributed by atoms with Crippen molar-refractivity contribution in [3.8, 4) is 11.5 Å². The van der Waals surface area contributed by atoms with Gasteiger partial charge in [-0.15, -0.1) is 24.0 Å². The number of hydrogen-bond donors (Lipinski definition) is 2. The molecule has 0 aromatic heterocycles. The Bertz CT molecular complexity index is 555. The maximum atomic E-state index is 12.1. The Morgan fingerprint density at radius 3 is 2.46 bits per heavy atom. The zero-order chi connectivity index (χ0) is 18.7. The lowest BCUT2D eigenvalue weighted by Crippen LogP contribution is -2.30. The van der Waals surface area contributed by atoms with Gasteiger partial charge in [-0.3, -0.25) is 4.99 Å². The van der Waals surface area contributed by atoms with Gasteiger partial charge in [-0.05, 0) is 38.8 Å². The Balaban J connectivity index is 0.00000625.